The second-order valence-corrected chi connectivity index (χ2v) is 21.6. The zero-order valence-electron chi connectivity index (χ0n) is 36.3. The highest BCUT2D eigenvalue weighted by Gasteiger charge is 2.53. The lowest BCUT2D eigenvalue weighted by molar-refractivity contribution is 0.831. The number of nitrogens with one attached hydrogen (secondary N) is 2. The molecule has 0 radical (unpaired) electrons. The minimum Gasteiger partial charge on any atom is -0.329 e. The van der Waals surface area contributed by atoms with Gasteiger partial charge in [0.15, 0.2) is 0 Å². The summed E-state index contributed by atoms with van der Waals surface area (Å²) in [6.45, 7) is 37.7. The van der Waals surface area contributed by atoms with Crippen molar-refractivity contribution in [1.82, 2.24) is 0 Å². The van der Waals surface area contributed by atoms with Gasteiger partial charge in [-0.05, 0) is 91.9 Å². The van der Waals surface area contributed by atoms with Crippen molar-refractivity contribution in [2.75, 3.05) is 19.1 Å². The Balaban J connectivity index is 1.92. The average molecular weight is 765 g/mol. The first kappa shape index (κ1) is 42.1. The molecule has 0 bridgehead atoms. The molecule has 1 saturated heterocycles. The summed E-state index contributed by atoms with van der Waals surface area (Å²) >= 11 is 0. The molecular weight excluding hydrogens is 695 g/mol. The molecule has 0 unspecified atom stereocenters. The summed E-state index contributed by atoms with van der Waals surface area (Å²) in [6.07, 6.45) is 0. The Kier molecular flexibility index (Phi) is 13.6. The van der Waals surface area contributed by atoms with Gasteiger partial charge < -0.3 is 10.2 Å². The normalized spacial score (nSPS) is 16.3. The van der Waals surface area contributed by atoms with Crippen molar-refractivity contribution in [3.63, 3.8) is 0 Å². The van der Waals surface area contributed by atoms with Crippen LogP contribution in [-0.2, 0) is 0 Å². The molecule has 1 aliphatic rings. The van der Waals surface area contributed by atoms with Crippen molar-refractivity contribution in [1.29, 1.82) is 0 Å². The first-order valence-corrected chi connectivity index (χ1v) is 23.2. The van der Waals surface area contributed by atoms with Gasteiger partial charge in [0.2, 0.25) is 16.7 Å². The van der Waals surface area contributed by atoms with Gasteiger partial charge in [-0.1, -0.05) is 184 Å². The average Bonchev–Trinajstić information content (AvgIpc) is 3.10. The molecule has 0 spiro atoms. The van der Waals surface area contributed by atoms with E-state index in [1.54, 1.807) is 0 Å². The SMILES string of the molecule is CC(C)c1cccc(C(C)C)c1NP1N(c2c(C(C)C)cccc2C(C)C)P(Nc2c(C(C)C)cccc2C(C)C)N1c1c(C(C)C)cccc1C(C)C. The first-order chi connectivity index (χ1) is 25.5. The van der Waals surface area contributed by atoms with E-state index >= 15 is 0 Å². The molecule has 0 aliphatic carbocycles. The van der Waals surface area contributed by atoms with Gasteiger partial charge >= 0.3 is 0 Å². The largest absolute Gasteiger partial charge is 0.329 e. The summed E-state index contributed by atoms with van der Waals surface area (Å²) in [4.78, 5) is 0. The van der Waals surface area contributed by atoms with E-state index in [2.05, 4.69) is 203 Å². The van der Waals surface area contributed by atoms with Crippen LogP contribution in [0.5, 0.6) is 0 Å². The lowest BCUT2D eigenvalue weighted by atomic mass is 9.93. The molecule has 6 heteroatoms. The van der Waals surface area contributed by atoms with Crippen LogP contribution in [0.2, 0.25) is 0 Å². The summed E-state index contributed by atoms with van der Waals surface area (Å²) < 4.78 is 5.69. The maximum Gasteiger partial charge on any atom is 0.218 e. The molecule has 2 N–H and O–H groups in total. The van der Waals surface area contributed by atoms with Gasteiger partial charge in [-0.15, -0.1) is 0 Å². The van der Waals surface area contributed by atoms with Crippen LogP contribution in [0.4, 0.5) is 22.7 Å². The van der Waals surface area contributed by atoms with E-state index in [1.807, 2.05) is 0 Å². The molecule has 1 aliphatic heterocycles. The Bertz CT molecular complexity index is 1640. The molecule has 4 aromatic carbocycles. The van der Waals surface area contributed by atoms with Crippen LogP contribution in [0.15, 0.2) is 72.8 Å². The standard InChI is InChI=1S/C48H70N4P2/c1-29(2)37-21-17-22-38(30(3)4)45(37)49-53-51(47-41(33(9)10)25-19-26-42(47)34(11)12)54(50-46-39(31(5)6)23-18-24-40(46)32(7)8)52(53)48-43(35(13)14)27-20-28-44(48)36(15)16/h17-36,49-50H,1-16H3. The fourth-order valence-electron chi connectivity index (χ4n) is 7.90. The molecule has 4 nitrogen and oxygen atoms in total. The summed E-state index contributed by atoms with van der Waals surface area (Å²) in [5.74, 6) is 3.05. The Morgan fingerprint density at radius 3 is 0.685 bits per heavy atom. The lowest BCUT2D eigenvalue weighted by Gasteiger charge is -2.59. The maximum absolute atomic E-state index is 4.42. The lowest BCUT2D eigenvalue weighted by Crippen LogP contribution is -2.44. The van der Waals surface area contributed by atoms with Crippen LogP contribution in [0.3, 0.4) is 0 Å². The Labute approximate surface area is 332 Å². The third-order valence-electron chi connectivity index (χ3n) is 11.0. The topological polar surface area (TPSA) is 30.5 Å². The van der Waals surface area contributed by atoms with Crippen LogP contribution in [0.1, 0.15) is 203 Å². The number of hydrogen-bond donors (Lipinski definition) is 2. The van der Waals surface area contributed by atoms with Crippen LogP contribution in [-0.4, -0.2) is 0 Å². The van der Waals surface area contributed by atoms with E-state index in [-0.39, 0.29) is 0 Å². The van der Waals surface area contributed by atoms with E-state index in [1.165, 1.54) is 67.3 Å². The molecule has 0 amide bonds. The number of rotatable bonds is 14. The van der Waals surface area contributed by atoms with Crippen molar-refractivity contribution < 1.29 is 0 Å². The minimum absolute atomic E-state index is 0.374. The number of para-hydroxylation sites is 4. The molecule has 0 aromatic heterocycles. The first-order valence-electron chi connectivity index (χ1n) is 20.7. The highest BCUT2D eigenvalue weighted by atomic mass is 31.3. The smallest absolute Gasteiger partial charge is 0.218 e. The van der Waals surface area contributed by atoms with Gasteiger partial charge in [-0.2, -0.15) is 0 Å². The highest BCUT2D eigenvalue weighted by molar-refractivity contribution is 7.96. The number of nitrogens with zero attached hydrogens (tertiary/aromatic N) is 2. The summed E-state index contributed by atoms with van der Waals surface area (Å²) in [5.41, 5.74) is 16.7. The zero-order chi connectivity index (χ0) is 39.8. The molecule has 292 valence electrons. The summed E-state index contributed by atoms with van der Waals surface area (Å²) in [7, 11) is -2.20. The van der Waals surface area contributed by atoms with Crippen molar-refractivity contribution >= 4 is 39.5 Å². The van der Waals surface area contributed by atoms with E-state index in [9.17, 15) is 0 Å². The molecular formula is C48H70N4P2. The molecule has 1 heterocycles. The van der Waals surface area contributed by atoms with Crippen LogP contribution in [0.25, 0.3) is 0 Å². The van der Waals surface area contributed by atoms with E-state index < -0.39 is 16.7 Å². The Morgan fingerprint density at radius 1 is 0.315 bits per heavy atom. The molecule has 0 atom stereocenters. The van der Waals surface area contributed by atoms with Gasteiger partial charge in [-0.25, -0.2) is 0 Å². The van der Waals surface area contributed by atoms with Gasteiger partial charge in [0.1, 0.15) is 0 Å². The fourth-order valence-corrected chi connectivity index (χ4v) is 13.5. The molecule has 54 heavy (non-hydrogen) atoms. The summed E-state index contributed by atoms with van der Waals surface area (Å²) in [5, 5.41) is 8.85. The predicted octanol–water partition coefficient (Wildman–Crippen LogP) is 16.7. The van der Waals surface area contributed by atoms with Gasteiger partial charge in [-0.3, -0.25) is 8.88 Å². The second kappa shape index (κ2) is 17.4. The highest BCUT2D eigenvalue weighted by Crippen LogP contribution is 2.80. The Morgan fingerprint density at radius 2 is 0.500 bits per heavy atom. The van der Waals surface area contributed by atoms with Crippen molar-refractivity contribution in [3.05, 3.63) is 117 Å². The second-order valence-electron chi connectivity index (χ2n) is 17.8. The zero-order valence-corrected chi connectivity index (χ0v) is 38.1. The van der Waals surface area contributed by atoms with Crippen LogP contribution >= 0.6 is 16.7 Å². The van der Waals surface area contributed by atoms with E-state index in [0.717, 1.165) is 0 Å². The van der Waals surface area contributed by atoms with Crippen molar-refractivity contribution in [2.24, 2.45) is 0 Å². The van der Waals surface area contributed by atoms with Gasteiger partial charge in [0.05, 0.1) is 11.4 Å². The minimum atomic E-state index is -1.10. The van der Waals surface area contributed by atoms with Gasteiger partial charge in [0, 0.05) is 11.4 Å². The molecule has 4 aromatic rings. The van der Waals surface area contributed by atoms with Gasteiger partial charge in [0.25, 0.3) is 0 Å². The van der Waals surface area contributed by atoms with Crippen molar-refractivity contribution in [2.45, 2.75) is 158 Å². The Hall–Kier alpha value is -3.06. The van der Waals surface area contributed by atoms with Crippen LogP contribution in [0, 0.1) is 0 Å². The number of anilines is 4. The van der Waals surface area contributed by atoms with Crippen LogP contribution < -0.4 is 19.1 Å². The fraction of sp³-hybridized carbons (Fsp3) is 0.500. The predicted molar refractivity (Wildman–Crippen MR) is 245 cm³/mol. The maximum atomic E-state index is 4.42. The van der Waals surface area contributed by atoms with E-state index in [4.69, 9.17) is 0 Å². The molecule has 1 fully saturated rings. The number of benzene rings is 4. The van der Waals surface area contributed by atoms with Crippen molar-refractivity contribution in [3.8, 4) is 0 Å². The number of hydrogen-bond acceptors (Lipinski definition) is 4. The quantitative estimate of drug-likeness (QED) is 0.125. The molecule has 0 saturated carbocycles. The van der Waals surface area contributed by atoms with E-state index in [0.29, 0.717) is 47.3 Å². The third kappa shape index (κ3) is 8.22. The summed E-state index contributed by atoms with van der Waals surface area (Å²) in [6, 6.07) is 28.1. The monoisotopic (exact) mass is 765 g/mol. The molecule has 5 rings (SSSR count). The third-order valence-corrected chi connectivity index (χ3v) is 16.1.